The van der Waals surface area contributed by atoms with Crippen LogP contribution in [0.5, 0.6) is 0 Å². The number of methoxy groups -OCH3 is 1. The number of benzene rings is 1. The first-order chi connectivity index (χ1) is 20.7. The number of aromatic nitrogens is 4. The van der Waals surface area contributed by atoms with Gasteiger partial charge in [-0.25, -0.2) is 18.4 Å². The molecule has 44 heavy (non-hydrogen) atoms. The number of H-pyrrole nitrogens is 1. The molecule has 0 spiro atoms. The lowest BCUT2D eigenvalue weighted by atomic mass is 9.79. The van der Waals surface area contributed by atoms with Crippen molar-refractivity contribution in [2.45, 2.75) is 81.7 Å². The second kappa shape index (κ2) is 12.0. The zero-order valence-corrected chi connectivity index (χ0v) is 24.3. The highest BCUT2D eigenvalue weighted by atomic mass is 19.4. The Hall–Kier alpha value is -3.66. The molecule has 0 unspecified atom stereocenters. The molecule has 2 aliphatic rings. The van der Waals surface area contributed by atoms with Crippen molar-refractivity contribution >= 4 is 22.8 Å². The smallest absolute Gasteiger partial charge is 0.382 e. The number of nitrogens with one attached hydrogen (secondary N) is 3. The van der Waals surface area contributed by atoms with Gasteiger partial charge in [0.25, 0.3) is 5.91 Å². The maximum atomic E-state index is 13.5. The van der Waals surface area contributed by atoms with Crippen LogP contribution in [0.15, 0.2) is 22.8 Å². The molecule has 0 saturated heterocycles. The zero-order valence-electron chi connectivity index (χ0n) is 24.3. The van der Waals surface area contributed by atoms with E-state index >= 15 is 0 Å². The van der Waals surface area contributed by atoms with Crippen LogP contribution in [-0.4, -0.2) is 70.1 Å². The molecule has 2 fully saturated rings. The number of halogens is 5. The number of hydrogen-bond donors (Lipinski definition) is 3. The lowest BCUT2D eigenvalue weighted by Crippen LogP contribution is -2.44. The molecule has 16 heteroatoms. The number of ether oxygens (including phenoxy) is 2. The van der Waals surface area contributed by atoms with Crippen molar-refractivity contribution in [1.82, 2.24) is 30.9 Å². The summed E-state index contributed by atoms with van der Waals surface area (Å²) in [6.07, 6.45) is -3.74. The number of imidazole rings is 1. The van der Waals surface area contributed by atoms with Gasteiger partial charge in [-0.05, 0) is 55.5 Å². The molecule has 2 heterocycles. The van der Waals surface area contributed by atoms with Gasteiger partial charge in [0.15, 0.2) is 11.3 Å². The molecular formula is C28H33F5N6O5. The highest BCUT2D eigenvalue weighted by Crippen LogP contribution is 2.44. The second-order valence-electron chi connectivity index (χ2n) is 11.9. The van der Waals surface area contributed by atoms with Crippen molar-refractivity contribution in [3.05, 3.63) is 41.0 Å². The summed E-state index contributed by atoms with van der Waals surface area (Å²) < 4.78 is 82.3. The maximum absolute atomic E-state index is 13.5. The summed E-state index contributed by atoms with van der Waals surface area (Å²) in [5.74, 6) is -4.08. The molecule has 2 saturated carbocycles. The third-order valence-electron chi connectivity index (χ3n) is 7.87. The molecule has 2 amide bonds. The predicted molar refractivity (Wildman–Crippen MR) is 144 cm³/mol. The Kier molecular flexibility index (Phi) is 8.68. The molecule has 11 nitrogen and oxygen atoms in total. The highest BCUT2D eigenvalue weighted by molar-refractivity contribution is 5.93. The first-order valence-electron chi connectivity index (χ1n) is 14.2. The van der Waals surface area contributed by atoms with E-state index in [1.165, 1.54) is 7.11 Å². The van der Waals surface area contributed by atoms with Gasteiger partial charge >= 0.3 is 6.18 Å². The summed E-state index contributed by atoms with van der Waals surface area (Å²) in [5, 5.41) is 12.9. The van der Waals surface area contributed by atoms with E-state index in [1.54, 1.807) is 18.2 Å². The van der Waals surface area contributed by atoms with Crippen LogP contribution in [0.25, 0.3) is 11.0 Å². The summed E-state index contributed by atoms with van der Waals surface area (Å²) in [4.78, 5) is 33.3. The molecule has 2 aromatic heterocycles. The quantitative estimate of drug-likeness (QED) is 0.227. The number of rotatable bonds is 13. The second-order valence-corrected chi connectivity index (χ2v) is 11.9. The van der Waals surface area contributed by atoms with Crippen LogP contribution in [0.3, 0.4) is 0 Å². The first kappa shape index (κ1) is 31.8. The standard InChI is InChI=1S/C28H33F5N6O5/c1-26(2,28(31,32)33)43-13-20(37-25(41)23-22(15-4-5-15)38-44-39-23)24-35-17-7-6-16(9-18(17)36-24)19(12-42-3)34-21(40)8-14-10-27(29,30)11-14/h6-7,9,14-15,19-20H,4-5,8,10-13H2,1-3H3,(H,34,40)(H,35,36)(H,37,41)/t19-,20+/m1/s1. The van der Waals surface area contributed by atoms with Gasteiger partial charge in [-0.3, -0.25) is 9.59 Å². The van der Waals surface area contributed by atoms with E-state index in [2.05, 4.69) is 30.9 Å². The fraction of sp³-hybridized carbons (Fsp3) is 0.607. The fourth-order valence-electron chi connectivity index (χ4n) is 5.02. The Morgan fingerprint density at radius 1 is 1.11 bits per heavy atom. The van der Waals surface area contributed by atoms with Crippen LogP contribution in [-0.2, 0) is 14.3 Å². The largest absolute Gasteiger partial charge is 0.416 e. The van der Waals surface area contributed by atoms with Crippen molar-refractivity contribution in [3.63, 3.8) is 0 Å². The maximum Gasteiger partial charge on any atom is 0.416 e. The Morgan fingerprint density at radius 3 is 2.48 bits per heavy atom. The van der Waals surface area contributed by atoms with Crippen molar-refractivity contribution < 1.29 is 45.6 Å². The van der Waals surface area contributed by atoms with Gasteiger partial charge in [0.2, 0.25) is 11.8 Å². The molecular weight excluding hydrogens is 595 g/mol. The highest BCUT2D eigenvalue weighted by Gasteiger charge is 2.49. The number of amides is 2. The van der Waals surface area contributed by atoms with Crippen molar-refractivity contribution in [1.29, 1.82) is 0 Å². The molecule has 0 bridgehead atoms. The van der Waals surface area contributed by atoms with Gasteiger partial charge in [0, 0.05) is 32.3 Å². The average Bonchev–Trinajstić information content (AvgIpc) is 3.48. The van der Waals surface area contributed by atoms with Crippen LogP contribution in [0, 0.1) is 5.92 Å². The summed E-state index contributed by atoms with van der Waals surface area (Å²) in [6.45, 7) is 1.26. The van der Waals surface area contributed by atoms with E-state index in [1.807, 2.05) is 0 Å². The summed E-state index contributed by atoms with van der Waals surface area (Å²) in [6, 6.07) is 3.24. The van der Waals surface area contributed by atoms with Crippen molar-refractivity contribution in [3.8, 4) is 0 Å². The number of hydrogen-bond acceptors (Lipinski definition) is 8. The van der Waals surface area contributed by atoms with Crippen LogP contribution >= 0.6 is 0 Å². The van der Waals surface area contributed by atoms with Crippen molar-refractivity contribution in [2.75, 3.05) is 20.3 Å². The van der Waals surface area contributed by atoms with Gasteiger partial charge in [0.1, 0.15) is 17.6 Å². The van der Waals surface area contributed by atoms with Crippen molar-refractivity contribution in [2.24, 2.45) is 5.92 Å². The lowest BCUT2D eigenvalue weighted by molar-refractivity contribution is -0.265. The Balaban J connectivity index is 1.36. The van der Waals surface area contributed by atoms with E-state index < -0.39 is 54.1 Å². The lowest BCUT2D eigenvalue weighted by Gasteiger charge is -2.34. The van der Waals surface area contributed by atoms with E-state index in [0.717, 1.165) is 26.7 Å². The number of alkyl halides is 5. The summed E-state index contributed by atoms with van der Waals surface area (Å²) in [7, 11) is 1.45. The molecule has 0 radical (unpaired) electrons. The first-order valence-corrected chi connectivity index (χ1v) is 14.2. The van der Waals surface area contributed by atoms with E-state index in [-0.39, 0.29) is 43.3 Å². The Bertz CT molecular complexity index is 1490. The van der Waals surface area contributed by atoms with Gasteiger partial charge in [-0.1, -0.05) is 11.2 Å². The Morgan fingerprint density at radius 2 is 1.84 bits per heavy atom. The van der Waals surface area contributed by atoms with E-state index in [4.69, 9.17) is 14.1 Å². The van der Waals surface area contributed by atoms with Gasteiger partial charge in [-0.2, -0.15) is 13.2 Å². The number of aromatic amines is 1. The predicted octanol–water partition coefficient (Wildman–Crippen LogP) is 4.89. The van der Waals surface area contributed by atoms with Gasteiger partial charge in [0.05, 0.1) is 30.3 Å². The van der Waals surface area contributed by atoms with Crippen LogP contribution in [0.1, 0.15) is 91.5 Å². The fourth-order valence-corrected chi connectivity index (χ4v) is 5.02. The molecule has 2 aliphatic carbocycles. The third kappa shape index (κ3) is 7.17. The molecule has 1 aromatic carbocycles. The van der Waals surface area contributed by atoms with E-state index in [9.17, 15) is 31.5 Å². The van der Waals surface area contributed by atoms with Gasteiger partial charge in [-0.15, -0.1) is 0 Å². The zero-order chi connectivity index (χ0) is 31.9. The summed E-state index contributed by atoms with van der Waals surface area (Å²) >= 11 is 0. The normalized spacial score (nSPS) is 18.5. The van der Waals surface area contributed by atoms with Crippen LogP contribution in [0.4, 0.5) is 22.0 Å². The van der Waals surface area contributed by atoms with E-state index in [0.29, 0.717) is 22.3 Å². The Labute approximate surface area is 248 Å². The third-order valence-corrected chi connectivity index (χ3v) is 7.87. The molecule has 0 aliphatic heterocycles. The molecule has 3 aromatic rings. The molecule has 240 valence electrons. The monoisotopic (exact) mass is 628 g/mol. The number of carbonyl (C=O) groups excluding carboxylic acids is 2. The summed E-state index contributed by atoms with van der Waals surface area (Å²) in [5.41, 5.74) is -0.715. The minimum absolute atomic E-state index is 0.0284. The van der Waals surface area contributed by atoms with Gasteiger partial charge < -0.3 is 25.1 Å². The minimum Gasteiger partial charge on any atom is -0.382 e. The molecule has 5 rings (SSSR count). The minimum atomic E-state index is -4.68. The number of fused-ring (bicyclic) bond motifs is 1. The molecule has 3 N–H and O–H groups in total. The van der Waals surface area contributed by atoms with Crippen LogP contribution < -0.4 is 10.6 Å². The molecule has 2 atom stereocenters. The SMILES string of the molecule is COC[C@@H](NC(=O)CC1CC(F)(F)C1)c1ccc2[nH]c([C@H](COC(C)(C)C(F)(F)F)NC(=O)c3nonc3C3CC3)nc2c1. The topological polar surface area (TPSA) is 144 Å². The average molecular weight is 629 g/mol. The number of carbonyl (C=O) groups is 2. The van der Waals surface area contributed by atoms with Crippen LogP contribution in [0.2, 0.25) is 0 Å². The number of nitrogens with zero attached hydrogens (tertiary/aromatic N) is 3.